The van der Waals surface area contributed by atoms with Gasteiger partial charge in [0.05, 0.1) is 32.1 Å². The number of nitrogens with two attached hydrogens (primary N) is 1. The average molecular weight is 799 g/mol. The van der Waals surface area contributed by atoms with Gasteiger partial charge in [-0.05, 0) is 70.0 Å². The Morgan fingerprint density at radius 2 is 1.78 bits per heavy atom. The third-order valence-electron chi connectivity index (χ3n) is 9.40. The predicted molar refractivity (Wildman–Crippen MR) is 189 cm³/mol. The first kappa shape index (κ1) is 41.9. The number of hydrogen-bond acceptors (Lipinski definition) is 14. The minimum Gasteiger partial charge on any atom is -0.464 e. The zero-order chi connectivity index (χ0) is 40.0. The van der Waals surface area contributed by atoms with Gasteiger partial charge in [0.15, 0.2) is 11.9 Å². The number of anilines is 1. The van der Waals surface area contributed by atoms with Crippen LogP contribution >= 0.6 is 7.75 Å². The molecule has 2 aliphatic rings. The standard InChI is InChI=1S/C35H46F3N6O10P/c1-5-28(45)52-32-33(4,50-21-34(32,53-29(46)6-2)27-13-12-26-30(39)40-22-41-44(26)27)20-51-55(48,54-25-10-8-7-9-11-25)42-23(3)31(47)49-18-24-14-16-43(17-15-24)19-35(36,37)38/h7-13,22-24,32H,5-6,14-21H2,1-4H3,(H,42,48)(H2,39,40,41)/t23-,32+,33+,34+,55?/m0/s1. The Balaban J connectivity index is 1.37. The van der Waals surface area contributed by atoms with Gasteiger partial charge in [0.1, 0.15) is 29.2 Å². The molecule has 2 saturated heterocycles. The van der Waals surface area contributed by atoms with Gasteiger partial charge >= 0.3 is 31.8 Å². The fourth-order valence-electron chi connectivity index (χ4n) is 6.46. The van der Waals surface area contributed by atoms with Crippen molar-refractivity contribution in [2.24, 2.45) is 5.92 Å². The minimum absolute atomic E-state index is 0.0425. The summed E-state index contributed by atoms with van der Waals surface area (Å²) in [6.45, 7) is 4.51. The molecular weight excluding hydrogens is 752 g/mol. The highest BCUT2D eigenvalue weighted by atomic mass is 31.2. The van der Waals surface area contributed by atoms with Crippen LogP contribution in [0.15, 0.2) is 48.8 Å². The number of esters is 3. The summed E-state index contributed by atoms with van der Waals surface area (Å²) >= 11 is 0. The van der Waals surface area contributed by atoms with Gasteiger partial charge in [-0.25, -0.2) is 14.1 Å². The number of carbonyl (C=O) groups is 3. The molecule has 3 aromatic rings. The lowest BCUT2D eigenvalue weighted by atomic mass is 9.85. The average Bonchev–Trinajstić information content (AvgIpc) is 3.70. The number of nitrogens with one attached hydrogen (secondary N) is 1. The van der Waals surface area contributed by atoms with Gasteiger partial charge in [-0.1, -0.05) is 32.0 Å². The van der Waals surface area contributed by atoms with Gasteiger partial charge in [-0.15, -0.1) is 0 Å². The van der Waals surface area contributed by atoms with Crippen LogP contribution in [-0.2, 0) is 48.0 Å². The summed E-state index contributed by atoms with van der Waals surface area (Å²) in [7, 11) is -4.51. The molecular formula is C35H46F3N6O10P. The highest BCUT2D eigenvalue weighted by Gasteiger charge is 2.64. The van der Waals surface area contributed by atoms with Crippen molar-refractivity contribution >= 4 is 37.0 Å². The van der Waals surface area contributed by atoms with Gasteiger partial charge in [0, 0.05) is 12.8 Å². The predicted octanol–water partition coefficient (Wildman–Crippen LogP) is 4.57. The van der Waals surface area contributed by atoms with E-state index in [4.69, 9.17) is 33.7 Å². The second-order valence-electron chi connectivity index (χ2n) is 13.7. The summed E-state index contributed by atoms with van der Waals surface area (Å²) in [5.41, 5.74) is 3.26. The molecule has 1 aromatic carbocycles. The zero-order valence-corrected chi connectivity index (χ0v) is 31.8. The molecule has 2 fully saturated rings. The largest absolute Gasteiger partial charge is 0.464 e. The molecule has 5 atom stereocenters. The van der Waals surface area contributed by atoms with E-state index >= 15 is 0 Å². The first-order valence-corrected chi connectivity index (χ1v) is 19.4. The van der Waals surface area contributed by atoms with Crippen molar-refractivity contribution in [3.63, 3.8) is 0 Å². The van der Waals surface area contributed by atoms with Gasteiger partial charge in [0.2, 0.25) is 5.60 Å². The molecule has 0 spiro atoms. The Morgan fingerprint density at radius 3 is 2.44 bits per heavy atom. The number of nitrogen functional groups attached to an aromatic ring is 1. The number of fused-ring (bicyclic) bond motifs is 1. The number of carbonyl (C=O) groups excluding carboxylic acids is 3. The first-order valence-electron chi connectivity index (χ1n) is 17.9. The van der Waals surface area contributed by atoms with Crippen molar-refractivity contribution in [2.75, 3.05) is 45.2 Å². The number of para-hydroxylation sites is 1. The molecule has 3 N–H and O–H groups in total. The lowest BCUT2D eigenvalue weighted by Gasteiger charge is -2.38. The zero-order valence-electron chi connectivity index (χ0n) is 31.0. The van der Waals surface area contributed by atoms with Crippen LogP contribution in [0.3, 0.4) is 0 Å². The molecule has 4 heterocycles. The van der Waals surface area contributed by atoms with Gasteiger partial charge in [-0.2, -0.15) is 23.4 Å². The molecule has 0 amide bonds. The summed E-state index contributed by atoms with van der Waals surface area (Å²) in [6.07, 6.45) is -3.79. The number of ether oxygens (including phenoxy) is 4. The monoisotopic (exact) mass is 798 g/mol. The second-order valence-corrected chi connectivity index (χ2v) is 15.4. The molecule has 0 aliphatic carbocycles. The quantitative estimate of drug-likeness (QED) is 0.116. The summed E-state index contributed by atoms with van der Waals surface area (Å²) in [5, 5.41) is 6.90. The van der Waals surface area contributed by atoms with Crippen LogP contribution in [0.1, 0.15) is 59.1 Å². The summed E-state index contributed by atoms with van der Waals surface area (Å²) in [5.74, 6) is -2.02. The van der Waals surface area contributed by atoms with Crippen molar-refractivity contribution in [1.82, 2.24) is 24.6 Å². The summed E-state index contributed by atoms with van der Waals surface area (Å²) in [4.78, 5) is 44.5. The Hall–Kier alpha value is -4.29. The molecule has 2 aromatic heterocycles. The maximum absolute atomic E-state index is 14.5. The number of aromatic nitrogens is 3. The van der Waals surface area contributed by atoms with Crippen molar-refractivity contribution in [2.45, 2.75) is 82.9 Å². The number of rotatable bonds is 16. The molecule has 0 bridgehead atoms. The highest BCUT2D eigenvalue weighted by molar-refractivity contribution is 7.52. The maximum atomic E-state index is 14.5. The first-order chi connectivity index (χ1) is 26.0. The van der Waals surface area contributed by atoms with Gasteiger partial charge in [0.25, 0.3) is 0 Å². The molecule has 55 heavy (non-hydrogen) atoms. The van der Waals surface area contributed by atoms with Gasteiger partial charge < -0.3 is 29.2 Å². The lowest BCUT2D eigenvalue weighted by Crippen LogP contribution is -2.54. The van der Waals surface area contributed by atoms with Crippen molar-refractivity contribution in [1.29, 1.82) is 0 Å². The van der Waals surface area contributed by atoms with E-state index in [2.05, 4.69) is 15.2 Å². The fourth-order valence-corrected chi connectivity index (χ4v) is 8.05. The second kappa shape index (κ2) is 17.2. The number of likely N-dealkylation sites (tertiary alicyclic amines) is 1. The van der Waals surface area contributed by atoms with Gasteiger partial charge in [-0.3, -0.25) is 23.8 Å². The van der Waals surface area contributed by atoms with E-state index in [1.54, 1.807) is 44.2 Å². The smallest absolute Gasteiger partial charge is 0.459 e. The third kappa shape index (κ3) is 10.1. The van der Waals surface area contributed by atoms with Crippen LogP contribution in [-0.4, -0.2) is 101 Å². The van der Waals surface area contributed by atoms with Crippen LogP contribution < -0.4 is 15.3 Å². The molecule has 1 unspecified atom stereocenters. The molecule has 16 nitrogen and oxygen atoms in total. The SMILES string of the molecule is CCC(=O)O[C@@H]1[C@@](C)(COP(=O)(N[C@@H](C)C(=O)OCC2CCN(CC(F)(F)F)CC2)Oc2ccccc2)OC[C@@]1(OC(=O)CC)c1ccc2c(N)ncnn12. The van der Waals surface area contributed by atoms with Crippen LogP contribution in [0.4, 0.5) is 19.0 Å². The Kier molecular flexibility index (Phi) is 13.1. The number of benzene rings is 1. The van der Waals surface area contributed by atoms with E-state index in [0.29, 0.717) is 18.4 Å². The fraction of sp³-hybridized carbons (Fsp3) is 0.571. The van der Waals surface area contributed by atoms with Crippen LogP contribution in [0, 0.1) is 5.92 Å². The minimum atomic E-state index is -4.51. The molecule has 20 heteroatoms. The number of halogens is 3. The van der Waals surface area contributed by atoms with Crippen molar-refractivity contribution in [3.8, 4) is 5.75 Å². The number of nitrogens with zero attached hydrogens (tertiary/aromatic N) is 4. The third-order valence-corrected chi connectivity index (χ3v) is 11.0. The Labute approximate surface area is 315 Å². The molecule has 302 valence electrons. The highest BCUT2D eigenvalue weighted by Crippen LogP contribution is 2.50. The number of hydrogen-bond donors (Lipinski definition) is 2. The van der Waals surface area contributed by atoms with E-state index in [0.717, 1.165) is 0 Å². The molecule has 0 radical (unpaired) electrons. The number of alkyl halides is 3. The lowest BCUT2D eigenvalue weighted by molar-refractivity contribution is -0.189. The van der Waals surface area contributed by atoms with E-state index in [1.165, 1.54) is 41.7 Å². The molecule has 2 aliphatic heterocycles. The molecule has 5 rings (SSSR count). The topological polar surface area (TPSA) is 195 Å². The summed E-state index contributed by atoms with van der Waals surface area (Å²) < 4.78 is 89.9. The summed E-state index contributed by atoms with van der Waals surface area (Å²) in [6, 6.07) is 9.96. The van der Waals surface area contributed by atoms with Crippen molar-refractivity contribution < 1.29 is 60.1 Å². The molecule has 0 saturated carbocycles. The normalized spacial score (nSPS) is 23.9. The van der Waals surface area contributed by atoms with E-state index in [-0.39, 0.29) is 62.3 Å². The van der Waals surface area contributed by atoms with Crippen LogP contribution in [0.25, 0.3) is 5.52 Å². The van der Waals surface area contributed by atoms with E-state index in [1.807, 2.05) is 0 Å². The van der Waals surface area contributed by atoms with Crippen molar-refractivity contribution in [3.05, 3.63) is 54.5 Å². The van der Waals surface area contributed by atoms with Crippen LogP contribution in [0.2, 0.25) is 0 Å². The van der Waals surface area contributed by atoms with Crippen LogP contribution in [0.5, 0.6) is 5.75 Å². The maximum Gasteiger partial charge on any atom is 0.459 e. The van der Waals surface area contributed by atoms with E-state index in [9.17, 15) is 32.1 Å². The number of piperidine rings is 1. The Bertz CT molecular complexity index is 1860. The van der Waals surface area contributed by atoms with E-state index < -0.39 is 68.3 Å². The Morgan fingerprint density at radius 1 is 1.09 bits per heavy atom.